The van der Waals surface area contributed by atoms with Crippen LogP contribution in [0.4, 0.5) is 0 Å². The fourth-order valence-electron chi connectivity index (χ4n) is 2.60. The molecule has 3 rings (SSSR count). The normalized spacial score (nSPS) is 24.9. The largest absolute Gasteiger partial charge is 0.454 e. The summed E-state index contributed by atoms with van der Waals surface area (Å²) in [5.41, 5.74) is 0.627. The minimum Gasteiger partial charge on any atom is -0.454 e. The summed E-state index contributed by atoms with van der Waals surface area (Å²) in [5.74, 6) is 1.33. The zero-order valence-corrected chi connectivity index (χ0v) is 13.1. The van der Waals surface area contributed by atoms with E-state index in [0.29, 0.717) is 23.1 Å². The molecule has 1 amide bonds. The monoisotopic (exact) mass is 340 g/mol. The first-order chi connectivity index (χ1) is 9.58. The van der Waals surface area contributed by atoms with Crippen molar-refractivity contribution in [1.29, 1.82) is 0 Å². The predicted octanol–water partition coefficient (Wildman–Crippen LogP) is 2.00. The molecule has 20 heavy (non-hydrogen) atoms. The maximum absolute atomic E-state index is 12.7. The smallest absolute Gasteiger partial charge is 0.254 e. The van der Waals surface area contributed by atoms with Gasteiger partial charge < -0.3 is 19.7 Å². The topological polar surface area (TPSA) is 50.8 Å². The first-order valence-corrected chi connectivity index (χ1v) is 7.50. The van der Waals surface area contributed by atoms with Crippen molar-refractivity contribution in [2.45, 2.75) is 25.9 Å². The zero-order valence-electron chi connectivity index (χ0n) is 11.5. The van der Waals surface area contributed by atoms with Crippen LogP contribution in [0.3, 0.4) is 0 Å². The SMILES string of the molecule is CC1NCCN(C(=O)c2cc(Br)c3c(c2)OCO3)C1C. The van der Waals surface area contributed by atoms with Gasteiger partial charge in [-0.2, -0.15) is 0 Å². The van der Waals surface area contributed by atoms with Crippen molar-refractivity contribution >= 4 is 21.8 Å². The average Bonchev–Trinajstić information content (AvgIpc) is 2.90. The molecule has 1 N–H and O–H groups in total. The third kappa shape index (κ3) is 2.27. The lowest BCUT2D eigenvalue weighted by molar-refractivity contribution is 0.0602. The average molecular weight is 341 g/mol. The summed E-state index contributed by atoms with van der Waals surface area (Å²) in [6.07, 6.45) is 0. The van der Waals surface area contributed by atoms with E-state index in [1.54, 1.807) is 12.1 Å². The molecule has 1 fully saturated rings. The number of hydrogen-bond acceptors (Lipinski definition) is 4. The molecule has 0 spiro atoms. The molecule has 1 aromatic carbocycles. The molecule has 2 atom stereocenters. The Morgan fingerprint density at radius 3 is 3.00 bits per heavy atom. The van der Waals surface area contributed by atoms with Crippen LogP contribution in [0, 0.1) is 0 Å². The molecule has 0 saturated carbocycles. The Morgan fingerprint density at radius 2 is 2.20 bits per heavy atom. The second-order valence-electron chi connectivity index (χ2n) is 5.17. The molecule has 0 radical (unpaired) electrons. The lowest BCUT2D eigenvalue weighted by Gasteiger charge is -2.38. The number of carbonyl (C=O) groups excluding carboxylic acids is 1. The third-order valence-corrected chi connectivity index (χ3v) is 4.56. The molecule has 1 saturated heterocycles. The Morgan fingerprint density at radius 1 is 1.40 bits per heavy atom. The van der Waals surface area contributed by atoms with Gasteiger partial charge >= 0.3 is 0 Å². The molecule has 2 aliphatic rings. The number of piperazine rings is 1. The van der Waals surface area contributed by atoms with Gasteiger partial charge in [-0.05, 0) is 41.9 Å². The Hall–Kier alpha value is -1.27. The van der Waals surface area contributed by atoms with Crippen molar-refractivity contribution in [3.05, 3.63) is 22.2 Å². The molecule has 108 valence electrons. The van der Waals surface area contributed by atoms with Crippen LogP contribution in [-0.2, 0) is 0 Å². The van der Waals surface area contributed by atoms with E-state index in [-0.39, 0.29) is 18.7 Å². The predicted molar refractivity (Wildman–Crippen MR) is 78.2 cm³/mol. The van der Waals surface area contributed by atoms with Gasteiger partial charge in [-0.3, -0.25) is 4.79 Å². The minimum atomic E-state index is 0.0323. The zero-order chi connectivity index (χ0) is 14.3. The lowest BCUT2D eigenvalue weighted by atomic mass is 10.1. The molecule has 0 bridgehead atoms. The van der Waals surface area contributed by atoms with E-state index in [9.17, 15) is 4.79 Å². The summed E-state index contributed by atoms with van der Waals surface area (Å²) >= 11 is 3.43. The first kappa shape index (κ1) is 13.7. The molecule has 0 aromatic heterocycles. The molecule has 2 heterocycles. The number of nitrogens with one attached hydrogen (secondary N) is 1. The van der Waals surface area contributed by atoms with Crippen LogP contribution >= 0.6 is 15.9 Å². The molecule has 1 aromatic rings. The van der Waals surface area contributed by atoms with Crippen molar-refractivity contribution in [2.24, 2.45) is 0 Å². The van der Waals surface area contributed by atoms with Crippen molar-refractivity contribution in [3.63, 3.8) is 0 Å². The molecule has 5 nitrogen and oxygen atoms in total. The summed E-state index contributed by atoms with van der Waals surface area (Å²) in [4.78, 5) is 14.6. The Bertz CT molecular complexity index is 549. The maximum Gasteiger partial charge on any atom is 0.254 e. The quantitative estimate of drug-likeness (QED) is 0.849. The van der Waals surface area contributed by atoms with Crippen molar-refractivity contribution in [3.8, 4) is 11.5 Å². The summed E-state index contributed by atoms with van der Waals surface area (Å²) < 4.78 is 11.5. The van der Waals surface area contributed by atoms with Gasteiger partial charge in [-0.25, -0.2) is 0 Å². The standard InChI is InChI=1S/C14H17BrN2O3/c1-8-9(2)17(4-3-16-8)14(18)10-5-11(15)13-12(6-10)19-7-20-13/h5-6,8-9,16H,3-4,7H2,1-2H3. The van der Waals surface area contributed by atoms with Gasteiger partial charge in [0.25, 0.3) is 5.91 Å². The molecule has 0 aliphatic carbocycles. The summed E-state index contributed by atoms with van der Waals surface area (Å²) in [7, 11) is 0. The molecular weight excluding hydrogens is 324 g/mol. The lowest BCUT2D eigenvalue weighted by Crippen LogP contribution is -2.57. The van der Waals surface area contributed by atoms with E-state index in [4.69, 9.17) is 9.47 Å². The Balaban J connectivity index is 1.89. The fourth-order valence-corrected chi connectivity index (χ4v) is 3.16. The third-order valence-electron chi connectivity index (χ3n) is 3.97. The molecule has 2 unspecified atom stereocenters. The highest BCUT2D eigenvalue weighted by atomic mass is 79.9. The van der Waals surface area contributed by atoms with Gasteiger partial charge in [0.2, 0.25) is 6.79 Å². The van der Waals surface area contributed by atoms with Gasteiger partial charge in [0.15, 0.2) is 11.5 Å². The van der Waals surface area contributed by atoms with E-state index in [1.807, 2.05) is 4.90 Å². The number of ether oxygens (including phenoxy) is 2. The van der Waals surface area contributed by atoms with Gasteiger partial charge in [-0.15, -0.1) is 0 Å². The van der Waals surface area contributed by atoms with Crippen molar-refractivity contribution in [1.82, 2.24) is 10.2 Å². The molecule has 2 aliphatic heterocycles. The molecule has 6 heteroatoms. The van der Waals surface area contributed by atoms with E-state index in [0.717, 1.165) is 17.6 Å². The van der Waals surface area contributed by atoms with E-state index in [1.165, 1.54) is 0 Å². The Labute approximate surface area is 126 Å². The van der Waals surface area contributed by atoms with E-state index >= 15 is 0 Å². The number of benzene rings is 1. The number of amides is 1. The van der Waals surface area contributed by atoms with Crippen LogP contribution in [0.5, 0.6) is 11.5 Å². The van der Waals surface area contributed by atoms with Crippen LogP contribution in [0.25, 0.3) is 0 Å². The number of hydrogen-bond donors (Lipinski definition) is 1. The summed E-state index contributed by atoms with van der Waals surface area (Å²) in [6.45, 7) is 5.91. The minimum absolute atomic E-state index is 0.0323. The van der Waals surface area contributed by atoms with Gasteiger partial charge in [-0.1, -0.05) is 0 Å². The fraction of sp³-hybridized carbons (Fsp3) is 0.500. The second-order valence-corrected chi connectivity index (χ2v) is 6.03. The summed E-state index contributed by atoms with van der Waals surface area (Å²) in [5, 5.41) is 3.37. The maximum atomic E-state index is 12.7. The highest BCUT2D eigenvalue weighted by molar-refractivity contribution is 9.10. The van der Waals surface area contributed by atoms with Crippen LogP contribution in [-0.4, -0.2) is 42.8 Å². The van der Waals surface area contributed by atoms with Crippen LogP contribution in [0.15, 0.2) is 16.6 Å². The van der Waals surface area contributed by atoms with E-state index in [2.05, 4.69) is 35.1 Å². The highest BCUT2D eigenvalue weighted by Gasteiger charge is 2.30. The van der Waals surface area contributed by atoms with Crippen LogP contribution in [0.1, 0.15) is 24.2 Å². The highest BCUT2D eigenvalue weighted by Crippen LogP contribution is 2.40. The van der Waals surface area contributed by atoms with Crippen LogP contribution in [0.2, 0.25) is 0 Å². The second kappa shape index (κ2) is 5.26. The number of nitrogens with zero attached hydrogens (tertiary/aromatic N) is 1. The number of carbonyl (C=O) groups is 1. The number of rotatable bonds is 1. The Kier molecular flexibility index (Phi) is 3.60. The van der Waals surface area contributed by atoms with Gasteiger partial charge in [0.05, 0.1) is 4.47 Å². The van der Waals surface area contributed by atoms with Crippen molar-refractivity contribution in [2.75, 3.05) is 19.9 Å². The number of halogens is 1. The van der Waals surface area contributed by atoms with Crippen LogP contribution < -0.4 is 14.8 Å². The van der Waals surface area contributed by atoms with E-state index < -0.39 is 0 Å². The first-order valence-electron chi connectivity index (χ1n) is 6.71. The van der Waals surface area contributed by atoms with Gasteiger partial charge in [0.1, 0.15) is 0 Å². The van der Waals surface area contributed by atoms with Crippen molar-refractivity contribution < 1.29 is 14.3 Å². The van der Waals surface area contributed by atoms with Gasteiger partial charge in [0, 0.05) is 30.7 Å². The summed E-state index contributed by atoms with van der Waals surface area (Å²) in [6, 6.07) is 4.02. The molecular formula is C14H17BrN2O3. The number of fused-ring (bicyclic) bond motifs is 1.